The minimum atomic E-state index is -0.0760. The number of piperazine rings is 1. The summed E-state index contributed by atoms with van der Waals surface area (Å²) >= 11 is 3.14. The first-order valence-corrected chi connectivity index (χ1v) is 10.6. The maximum Gasteiger partial charge on any atom is 0.260 e. The summed E-state index contributed by atoms with van der Waals surface area (Å²) < 4.78 is 4.92. The molecule has 0 bridgehead atoms. The molecular formula is C18H21N4O3S2+. The number of fused-ring (bicyclic) bond motifs is 1. The number of methoxy groups -OCH3 is 1. The van der Waals surface area contributed by atoms with Crippen molar-refractivity contribution in [1.82, 2.24) is 14.9 Å². The summed E-state index contributed by atoms with van der Waals surface area (Å²) in [7, 11) is 1.53. The summed E-state index contributed by atoms with van der Waals surface area (Å²) in [5.74, 6) is 0.739. The number of hydrogen-bond donors (Lipinski definition) is 2. The first-order valence-electron chi connectivity index (χ1n) is 8.80. The Labute approximate surface area is 164 Å². The molecule has 1 aliphatic rings. The van der Waals surface area contributed by atoms with Crippen LogP contribution >= 0.6 is 22.7 Å². The zero-order valence-corrected chi connectivity index (χ0v) is 16.6. The van der Waals surface area contributed by atoms with Crippen LogP contribution in [0.25, 0.3) is 20.7 Å². The van der Waals surface area contributed by atoms with Gasteiger partial charge in [-0.1, -0.05) is 6.07 Å². The quantitative estimate of drug-likeness (QED) is 0.651. The average Bonchev–Trinajstić information content (AvgIpc) is 3.32. The largest absolute Gasteiger partial charge is 0.375 e. The average molecular weight is 406 g/mol. The lowest BCUT2D eigenvalue weighted by atomic mass is 10.2. The van der Waals surface area contributed by atoms with E-state index in [1.54, 1.807) is 11.3 Å². The van der Waals surface area contributed by atoms with E-state index in [0.29, 0.717) is 30.8 Å². The fourth-order valence-corrected chi connectivity index (χ4v) is 5.17. The molecular weight excluding hydrogens is 384 g/mol. The molecule has 2 N–H and O–H groups in total. The van der Waals surface area contributed by atoms with Crippen molar-refractivity contribution < 1.29 is 14.4 Å². The Hall–Kier alpha value is -2.07. The summed E-state index contributed by atoms with van der Waals surface area (Å²) in [5, 5.41) is 4.70. The Morgan fingerprint density at radius 2 is 2.19 bits per heavy atom. The van der Waals surface area contributed by atoms with Gasteiger partial charge in [0.2, 0.25) is 5.91 Å². The number of quaternary nitrogens is 1. The number of ether oxygens (including phenoxy) is 1. The summed E-state index contributed by atoms with van der Waals surface area (Å²) in [6, 6.07) is 4.01. The van der Waals surface area contributed by atoms with Gasteiger partial charge in [0.15, 0.2) is 5.82 Å². The molecule has 0 atom stereocenters. The third kappa shape index (κ3) is 3.81. The van der Waals surface area contributed by atoms with Crippen molar-refractivity contribution in [2.75, 3.05) is 39.9 Å². The number of aromatic amines is 1. The molecule has 0 saturated carbocycles. The topological polar surface area (TPSA) is 79.7 Å². The van der Waals surface area contributed by atoms with E-state index in [4.69, 9.17) is 9.72 Å². The summed E-state index contributed by atoms with van der Waals surface area (Å²) in [4.78, 5) is 37.2. The van der Waals surface area contributed by atoms with Gasteiger partial charge in [-0.05, 0) is 11.4 Å². The van der Waals surface area contributed by atoms with Crippen LogP contribution in [0, 0.1) is 0 Å². The van der Waals surface area contributed by atoms with Crippen molar-refractivity contribution >= 4 is 38.8 Å². The highest BCUT2D eigenvalue weighted by Gasteiger charge is 2.24. The van der Waals surface area contributed by atoms with Crippen LogP contribution in [0.4, 0.5) is 0 Å². The molecule has 27 heavy (non-hydrogen) atoms. The number of rotatable bonds is 5. The number of aromatic nitrogens is 2. The van der Waals surface area contributed by atoms with Crippen LogP contribution in [0.1, 0.15) is 5.82 Å². The molecule has 7 nitrogen and oxygen atoms in total. The molecule has 0 aliphatic carbocycles. The van der Waals surface area contributed by atoms with Gasteiger partial charge in [-0.25, -0.2) is 4.98 Å². The Morgan fingerprint density at radius 1 is 1.37 bits per heavy atom. The van der Waals surface area contributed by atoms with E-state index in [2.05, 4.69) is 4.98 Å². The highest BCUT2D eigenvalue weighted by atomic mass is 32.1. The molecule has 3 aromatic heterocycles. The third-order valence-electron chi connectivity index (χ3n) is 4.79. The van der Waals surface area contributed by atoms with Gasteiger partial charge in [0.25, 0.3) is 5.56 Å². The van der Waals surface area contributed by atoms with E-state index >= 15 is 0 Å². The molecule has 142 valence electrons. The summed E-state index contributed by atoms with van der Waals surface area (Å²) in [5.41, 5.74) is 0.885. The molecule has 1 amide bonds. The summed E-state index contributed by atoms with van der Waals surface area (Å²) in [6.07, 6.45) is 0. The molecule has 1 aliphatic heterocycles. The predicted octanol–water partition coefficient (Wildman–Crippen LogP) is 0.587. The van der Waals surface area contributed by atoms with Crippen LogP contribution in [-0.4, -0.2) is 60.7 Å². The van der Waals surface area contributed by atoms with Crippen LogP contribution in [0.15, 0.2) is 27.7 Å². The second-order valence-electron chi connectivity index (χ2n) is 6.56. The normalized spacial score (nSPS) is 15.5. The molecule has 3 aromatic rings. The van der Waals surface area contributed by atoms with Crippen molar-refractivity contribution in [3.05, 3.63) is 39.1 Å². The number of thiophene rings is 2. The highest BCUT2D eigenvalue weighted by Crippen LogP contribution is 2.33. The fourth-order valence-electron chi connectivity index (χ4n) is 3.39. The molecule has 9 heteroatoms. The predicted molar refractivity (Wildman–Crippen MR) is 106 cm³/mol. The molecule has 4 rings (SSSR count). The lowest BCUT2D eigenvalue weighted by Crippen LogP contribution is -3.13. The zero-order chi connectivity index (χ0) is 18.8. The molecule has 0 spiro atoms. The van der Waals surface area contributed by atoms with Crippen molar-refractivity contribution in [3.8, 4) is 10.4 Å². The SMILES string of the molecule is COCC(=O)N1CC[NH+](Cc2nc3scc(-c4cccs4)c3c(=O)[nH]2)CC1. The first kappa shape index (κ1) is 18.3. The first-order chi connectivity index (χ1) is 13.2. The van der Waals surface area contributed by atoms with Crippen molar-refractivity contribution in [2.45, 2.75) is 6.54 Å². The summed E-state index contributed by atoms with van der Waals surface area (Å²) in [6.45, 7) is 3.86. The number of nitrogens with one attached hydrogen (secondary N) is 2. The van der Waals surface area contributed by atoms with Crippen LogP contribution in [-0.2, 0) is 16.1 Å². The maximum absolute atomic E-state index is 12.7. The Balaban J connectivity index is 1.48. The van der Waals surface area contributed by atoms with Crippen LogP contribution in [0.3, 0.4) is 0 Å². The minimum Gasteiger partial charge on any atom is -0.375 e. The van der Waals surface area contributed by atoms with Gasteiger partial charge in [0, 0.05) is 22.9 Å². The van der Waals surface area contributed by atoms with Gasteiger partial charge < -0.3 is 19.5 Å². The van der Waals surface area contributed by atoms with E-state index in [-0.39, 0.29) is 18.1 Å². The molecule has 0 radical (unpaired) electrons. The zero-order valence-electron chi connectivity index (χ0n) is 15.0. The molecule has 0 aromatic carbocycles. The van der Waals surface area contributed by atoms with Gasteiger partial charge in [-0.15, -0.1) is 22.7 Å². The Bertz CT molecular complexity index is 988. The van der Waals surface area contributed by atoms with Gasteiger partial charge in [0.1, 0.15) is 18.0 Å². The molecule has 1 fully saturated rings. The molecule has 1 saturated heterocycles. The third-order valence-corrected chi connectivity index (χ3v) is 6.56. The van der Waals surface area contributed by atoms with E-state index in [0.717, 1.165) is 28.4 Å². The second-order valence-corrected chi connectivity index (χ2v) is 8.37. The van der Waals surface area contributed by atoms with Gasteiger partial charge >= 0.3 is 0 Å². The van der Waals surface area contributed by atoms with E-state index < -0.39 is 0 Å². The lowest BCUT2D eigenvalue weighted by Gasteiger charge is -2.31. The Kier molecular flexibility index (Phi) is 5.35. The van der Waals surface area contributed by atoms with Crippen molar-refractivity contribution in [2.24, 2.45) is 0 Å². The van der Waals surface area contributed by atoms with Crippen molar-refractivity contribution in [1.29, 1.82) is 0 Å². The van der Waals surface area contributed by atoms with Gasteiger partial charge in [-0.3, -0.25) is 9.59 Å². The highest BCUT2D eigenvalue weighted by molar-refractivity contribution is 7.18. The number of H-pyrrole nitrogens is 1. The minimum absolute atomic E-state index is 0.0317. The smallest absolute Gasteiger partial charge is 0.260 e. The van der Waals surface area contributed by atoms with Crippen LogP contribution < -0.4 is 10.5 Å². The van der Waals surface area contributed by atoms with E-state index in [9.17, 15) is 9.59 Å². The fraction of sp³-hybridized carbons (Fsp3) is 0.389. The monoisotopic (exact) mass is 405 g/mol. The lowest BCUT2D eigenvalue weighted by molar-refractivity contribution is -0.918. The van der Waals surface area contributed by atoms with Crippen LogP contribution in [0.2, 0.25) is 0 Å². The number of carbonyl (C=O) groups excluding carboxylic acids is 1. The standard InChI is InChI=1S/C18H20N4O3S2/c1-25-10-15(23)22-6-4-21(5-7-22)9-14-19-17(24)16-12(11-27-18(16)20-14)13-3-2-8-26-13/h2-3,8,11H,4-7,9-10H2,1H3,(H,19,20,24)/p+1. The number of carbonyl (C=O) groups is 1. The second kappa shape index (κ2) is 7.89. The number of amides is 1. The van der Waals surface area contributed by atoms with E-state index in [1.807, 2.05) is 27.8 Å². The number of hydrogen-bond acceptors (Lipinski definition) is 6. The van der Waals surface area contributed by atoms with Crippen molar-refractivity contribution in [3.63, 3.8) is 0 Å². The van der Waals surface area contributed by atoms with Crippen LogP contribution in [0.5, 0.6) is 0 Å². The number of nitrogens with zero attached hydrogens (tertiary/aromatic N) is 2. The van der Waals surface area contributed by atoms with E-state index in [1.165, 1.54) is 23.3 Å². The van der Waals surface area contributed by atoms with Gasteiger partial charge in [0.05, 0.1) is 31.6 Å². The molecule has 0 unspecified atom stereocenters. The molecule has 4 heterocycles. The Morgan fingerprint density at radius 3 is 2.89 bits per heavy atom. The maximum atomic E-state index is 12.7. The van der Waals surface area contributed by atoms with Gasteiger partial charge in [-0.2, -0.15) is 0 Å².